The number of aliphatic carboxylic acids is 1. The van der Waals surface area contributed by atoms with E-state index in [9.17, 15) is 4.79 Å². The van der Waals surface area contributed by atoms with Gasteiger partial charge in [0.1, 0.15) is 0 Å². The number of fused-ring (bicyclic) bond motifs is 2. The van der Waals surface area contributed by atoms with Crippen LogP contribution in [0.3, 0.4) is 0 Å². The molecule has 4 nitrogen and oxygen atoms in total. The molecule has 2 aliphatic heterocycles. The molecule has 0 spiro atoms. The van der Waals surface area contributed by atoms with Gasteiger partial charge in [0.2, 0.25) is 0 Å². The molecule has 1 aromatic rings. The number of carboxylic acids is 1. The van der Waals surface area contributed by atoms with Gasteiger partial charge in [0.25, 0.3) is 0 Å². The fourth-order valence-electron chi connectivity index (χ4n) is 2.96. The molecular weight excluding hydrogens is 278 g/mol. The molecular formula is C15H16ClNO3. The summed E-state index contributed by atoms with van der Waals surface area (Å²) >= 11 is 6.33. The molecule has 5 heteroatoms. The summed E-state index contributed by atoms with van der Waals surface area (Å²) in [5.41, 5.74) is 1.74. The molecule has 2 atom stereocenters. The third-order valence-corrected chi connectivity index (χ3v) is 4.09. The molecule has 0 saturated carbocycles. The molecule has 2 heterocycles. The molecule has 2 aliphatic rings. The second-order valence-electron chi connectivity index (χ2n) is 5.21. The minimum Gasteiger partial charge on any atom is -0.478 e. The van der Waals surface area contributed by atoms with E-state index in [1.807, 2.05) is 18.2 Å². The molecule has 0 radical (unpaired) electrons. The monoisotopic (exact) mass is 293 g/mol. The van der Waals surface area contributed by atoms with Gasteiger partial charge < -0.3 is 14.7 Å². The number of morpholine rings is 1. The molecule has 0 aromatic heterocycles. The van der Waals surface area contributed by atoms with Gasteiger partial charge in [-0.2, -0.15) is 0 Å². The topological polar surface area (TPSA) is 49.8 Å². The molecule has 2 saturated heterocycles. The lowest BCUT2D eigenvalue weighted by Gasteiger charge is -2.35. The van der Waals surface area contributed by atoms with E-state index in [-0.39, 0.29) is 12.2 Å². The zero-order valence-corrected chi connectivity index (χ0v) is 11.7. The Balaban J connectivity index is 1.93. The quantitative estimate of drug-likeness (QED) is 0.871. The Hall–Kier alpha value is -1.52. The van der Waals surface area contributed by atoms with Crippen molar-refractivity contribution in [3.05, 3.63) is 34.9 Å². The number of anilines is 1. The van der Waals surface area contributed by atoms with Crippen LogP contribution in [-0.4, -0.2) is 36.4 Å². The van der Waals surface area contributed by atoms with Crippen molar-refractivity contribution in [2.45, 2.75) is 25.0 Å². The summed E-state index contributed by atoms with van der Waals surface area (Å²) in [5, 5.41) is 9.44. The molecule has 0 amide bonds. The van der Waals surface area contributed by atoms with Crippen molar-refractivity contribution in [1.29, 1.82) is 0 Å². The molecule has 106 valence electrons. The van der Waals surface area contributed by atoms with E-state index in [4.69, 9.17) is 21.4 Å². The Morgan fingerprint density at radius 2 is 2.05 bits per heavy atom. The van der Waals surface area contributed by atoms with Crippen molar-refractivity contribution in [1.82, 2.24) is 0 Å². The van der Waals surface area contributed by atoms with Gasteiger partial charge in [0.05, 0.1) is 22.9 Å². The molecule has 2 unspecified atom stereocenters. The van der Waals surface area contributed by atoms with Crippen LogP contribution in [0.1, 0.15) is 18.4 Å². The number of carbonyl (C=O) groups is 1. The first-order chi connectivity index (χ1) is 9.63. The predicted octanol–water partition coefficient (Wildman–Crippen LogP) is 2.81. The van der Waals surface area contributed by atoms with Crippen molar-refractivity contribution in [2.24, 2.45) is 0 Å². The summed E-state index contributed by atoms with van der Waals surface area (Å²) in [7, 11) is 0. The molecule has 20 heavy (non-hydrogen) atoms. The number of hydrogen-bond acceptors (Lipinski definition) is 3. The SMILES string of the molecule is O=C(O)/C=C/c1cccc(Cl)c1N1CC2CCC(C1)O2. The minimum absolute atomic E-state index is 0.265. The lowest BCUT2D eigenvalue weighted by atomic mass is 10.1. The van der Waals surface area contributed by atoms with Crippen molar-refractivity contribution >= 4 is 29.3 Å². The highest BCUT2D eigenvalue weighted by molar-refractivity contribution is 6.33. The van der Waals surface area contributed by atoms with Gasteiger partial charge in [0.15, 0.2) is 0 Å². The number of carboxylic acid groups (broad SMARTS) is 1. The number of hydrogen-bond donors (Lipinski definition) is 1. The summed E-state index contributed by atoms with van der Waals surface area (Å²) in [6, 6.07) is 5.56. The zero-order chi connectivity index (χ0) is 14.1. The van der Waals surface area contributed by atoms with Crippen LogP contribution in [0.4, 0.5) is 5.69 Å². The normalized spacial score (nSPS) is 25.4. The van der Waals surface area contributed by atoms with Crippen LogP contribution in [-0.2, 0) is 9.53 Å². The van der Waals surface area contributed by atoms with Gasteiger partial charge in [0, 0.05) is 19.2 Å². The molecule has 3 rings (SSSR count). The van der Waals surface area contributed by atoms with Crippen LogP contribution in [0.15, 0.2) is 24.3 Å². The number of para-hydroxylation sites is 1. The number of benzene rings is 1. The van der Waals surface area contributed by atoms with Crippen molar-refractivity contribution in [2.75, 3.05) is 18.0 Å². The van der Waals surface area contributed by atoms with Crippen LogP contribution in [0.2, 0.25) is 5.02 Å². The van der Waals surface area contributed by atoms with Crippen LogP contribution in [0.25, 0.3) is 6.08 Å². The largest absolute Gasteiger partial charge is 0.478 e. The predicted molar refractivity (Wildman–Crippen MR) is 78.2 cm³/mol. The standard InChI is InChI=1S/C15H16ClNO3/c16-13-3-1-2-10(4-7-14(18)19)15(13)17-8-11-5-6-12(9-17)20-11/h1-4,7,11-12H,5-6,8-9H2,(H,18,19)/b7-4+. The van der Waals surface area contributed by atoms with Gasteiger partial charge in [-0.25, -0.2) is 4.79 Å². The van der Waals surface area contributed by atoms with E-state index >= 15 is 0 Å². The van der Waals surface area contributed by atoms with Gasteiger partial charge in [-0.15, -0.1) is 0 Å². The Kier molecular flexibility index (Phi) is 3.68. The lowest BCUT2D eigenvalue weighted by Crippen LogP contribution is -2.43. The Morgan fingerprint density at radius 3 is 2.70 bits per heavy atom. The minimum atomic E-state index is -0.960. The van der Waals surface area contributed by atoms with E-state index in [2.05, 4.69) is 4.90 Å². The molecule has 0 aliphatic carbocycles. The highest BCUT2D eigenvalue weighted by atomic mass is 35.5. The first kappa shape index (κ1) is 13.5. The Labute approximate surface area is 122 Å². The third-order valence-electron chi connectivity index (χ3n) is 3.78. The van der Waals surface area contributed by atoms with Crippen molar-refractivity contribution < 1.29 is 14.6 Å². The smallest absolute Gasteiger partial charge is 0.328 e. The molecule has 2 bridgehead atoms. The maximum absolute atomic E-state index is 10.7. The summed E-state index contributed by atoms with van der Waals surface area (Å²) in [5.74, 6) is -0.960. The second-order valence-corrected chi connectivity index (χ2v) is 5.62. The Bertz CT molecular complexity index is 546. The zero-order valence-electron chi connectivity index (χ0n) is 11.0. The van der Waals surface area contributed by atoms with Crippen LogP contribution in [0, 0.1) is 0 Å². The first-order valence-corrected chi connectivity index (χ1v) is 7.11. The summed E-state index contributed by atoms with van der Waals surface area (Å²) < 4.78 is 5.83. The van der Waals surface area contributed by atoms with E-state index in [1.54, 1.807) is 6.08 Å². The van der Waals surface area contributed by atoms with Gasteiger partial charge in [-0.3, -0.25) is 0 Å². The fourth-order valence-corrected chi connectivity index (χ4v) is 3.26. The van der Waals surface area contributed by atoms with Gasteiger partial charge in [-0.05, 0) is 30.5 Å². The van der Waals surface area contributed by atoms with Gasteiger partial charge in [-0.1, -0.05) is 23.7 Å². The highest BCUT2D eigenvalue weighted by Gasteiger charge is 2.34. The summed E-state index contributed by atoms with van der Waals surface area (Å²) in [6.45, 7) is 1.63. The molecule has 1 N–H and O–H groups in total. The first-order valence-electron chi connectivity index (χ1n) is 6.73. The third kappa shape index (κ3) is 2.67. The average Bonchev–Trinajstić information content (AvgIpc) is 2.75. The summed E-state index contributed by atoms with van der Waals surface area (Å²) in [6.07, 6.45) is 5.45. The van der Waals surface area contributed by atoms with E-state index in [0.29, 0.717) is 5.02 Å². The van der Waals surface area contributed by atoms with E-state index in [0.717, 1.165) is 43.3 Å². The van der Waals surface area contributed by atoms with Crippen molar-refractivity contribution in [3.8, 4) is 0 Å². The second kappa shape index (κ2) is 5.46. The number of nitrogens with zero attached hydrogens (tertiary/aromatic N) is 1. The number of halogens is 1. The maximum Gasteiger partial charge on any atom is 0.328 e. The molecule has 1 aromatic carbocycles. The number of ether oxygens (including phenoxy) is 1. The number of rotatable bonds is 3. The fraction of sp³-hybridized carbons (Fsp3) is 0.400. The summed E-state index contributed by atoms with van der Waals surface area (Å²) in [4.78, 5) is 12.9. The highest BCUT2D eigenvalue weighted by Crippen LogP contribution is 2.36. The van der Waals surface area contributed by atoms with E-state index < -0.39 is 5.97 Å². The Morgan fingerprint density at radius 1 is 1.35 bits per heavy atom. The molecule has 2 fully saturated rings. The van der Waals surface area contributed by atoms with Crippen LogP contribution < -0.4 is 4.90 Å². The van der Waals surface area contributed by atoms with E-state index in [1.165, 1.54) is 0 Å². The average molecular weight is 294 g/mol. The van der Waals surface area contributed by atoms with Crippen LogP contribution >= 0.6 is 11.6 Å². The van der Waals surface area contributed by atoms with Crippen molar-refractivity contribution in [3.63, 3.8) is 0 Å². The van der Waals surface area contributed by atoms with Gasteiger partial charge >= 0.3 is 5.97 Å². The lowest BCUT2D eigenvalue weighted by molar-refractivity contribution is -0.131. The maximum atomic E-state index is 10.7. The van der Waals surface area contributed by atoms with Crippen LogP contribution in [0.5, 0.6) is 0 Å².